The van der Waals surface area contributed by atoms with Crippen LogP contribution in [-0.4, -0.2) is 9.97 Å². The summed E-state index contributed by atoms with van der Waals surface area (Å²) in [5.41, 5.74) is 1.74. The first-order valence-electron chi connectivity index (χ1n) is 3.93. The maximum absolute atomic E-state index is 3.97. The lowest BCUT2D eigenvalue weighted by atomic mass is 10.2. The van der Waals surface area contributed by atoms with Gasteiger partial charge in [0.1, 0.15) is 6.33 Å². The number of rotatable bonds is 2. The fourth-order valence-corrected chi connectivity index (χ4v) is 0.678. The number of nitrogens with zero attached hydrogens (tertiary/aromatic N) is 2. The SMILES string of the molecule is C=Cc1cncnc1C=C.CC. The average molecular weight is 162 g/mol. The third-order valence-electron chi connectivity index (χ3n) is 1.19. The predicted octanol–water partition coefficient (Wildman–Crippen LogP) is 2.79. The highest BCUT2D eigenvalue weighted by Gasteiger charge is 1.92. The number of hydrogen-bond acceptors (Lipinski definition) is 2. The molecule has 0 fully saturated rings. The van der Waals surface area contributed by atoms with Gasteiger partial charge in [-0.25, -0.2) is 9.97 Å². The van der Waals surface area contributed by atoms with Gasteiger partial charge in [-0.05, 0) is 6.08 Å². The maximum Gasteiger partial charge on any atom is 0.116 e. The van der Waals surface area contributed by atoms with Crippen LogP contribution in [0.25, 0.3) is 12.2 Å². The van der Waals surface area contributed by atoms with Crippen LogP contribution < -0.4 is 0 Å². The average Bonchev–Trinajstić information content (AvgIpc) is 2.20. The van der Waals surface area contributed by atoms with Crippen molar-refractivity contribution in [2.45, 2.75) is 13.8 Å². The lowest BCUT2D eigenvalue weighted by Gasteiger charge is -1.94. The van der Waals surface area contributed by atoms with Gasteiger partial charge in [-0.2, -0.15) is 0 Å². The Morgan fingerprint density at radius 2 is 1.92 bits per heavy atom. The third kappa shape index (κ3) is 2.66. The minimum atomic E-state index is 0.824. The van der Waals surface area contributed by atoms with Crippen molar-refractivity contribution in [3.8, 4) is 0 Å². The van der Waals surface area contributed by atoms with E-state index in [1.165, 1.54) is 6.33 Å². The topological polar surface area (TPSA) is 25.8 Å². The van der Waals surface area contributed by atoms with Gasteiger partial charge in [-0.3, -0.25) is 0 Å². The van der Waals surface area contributed by atoms with Crippen LogP contribution in [-0.2, 0) is 0 Å². The largest absolute Gasteiger partial charge is 0.244 e. The zero-order chi connectivity index (χ0) is 9.40. The minimum absolute atomic E-state index is 0.824. The van der Waals surface area contributed by atoms with Crippen LogP contribution >= 0.6 is 0 Å². The Kier molecular flexibility index (Phi) is 5.53. The highest BCUT2D eigenvalue weighted by Crippen LogP contribution is 2.04. The molecule has 0 saturated heterocycles. The second-order valence-corrected chi connectivity index (χ2v) is 1.77. The molecule has 0 aliphatic rings. The molecule has 1 rings (SSSR count). The van der Waals surface area contributed by atoms with E-state index in [9.17, 15) is 0 Å². The molecule has 0 radical (unpaired) electrons. The van der Waals surface area contributed by atoms with Crippen molar-refractivity contribution in [2.75, 3.05) is 0 Å². The fourth-order valence-electron chi connectivity index (χ4n) is 0.678. The Balaban J connectivity index is 0.000000561. The molecule has 0 saturated carbocycles. The summed E-state index contributed by atoms with van der Waals surface area (Å²) in [6.07, 6.45) is 6.58. The molecule has 1 heterocycles. The molecule has 0 bridgehead atoms. The third-order valence-corrected chi connectivity index (χ3v) is 1.19. The van der Waals surface area contributed by atoms with E-state index >= 15 is 0 Å². The molecule has 2 nitrogen and oxygen atoms in total. The van der Waals surface area contributed by atoms with E-state index in [2.05, 4.69) is 23.1 Å². The molecule has 0 aromatic carbocycles. The second kappa shape index (κ2) is 6.28. The molecule has 1 aromatic rings. The minimum Gasteiger partial charge on any atom is -0.244 e. The summed E-state index contributed by atoms with van der Waals surface area (Å²) in [5.74, 6) is 0. The molecule has 0 aliphatic heterocycles. The van der Waals surface area contributed by atoms with E-state index in [-0.39, 0.29) is 0 Å². The van der Waals surface area contributed by atoms with Crippen molar-refractivity contribution < 1.29 is 0 Å². The van der Waals surface area contributed by atoms with Crippen molar-refractivity contribution in [3.05, 3.63) is 36.9 Å². The molecule has 0 aliphatic carbocycles. The molecular formula is C10H14N2. The van der Waals surface area contributed by atoms with Gasteiger partial charge in [0.25, 0.3) is 0 Å². The first-order valence-corrected chi connectivity index (χ1v) is 3.93. The van der Waals surface area contributed by atoms with Crippen molar-refractivity contribution in [1.29, 1.82) is 0 Å². The summed E-state index contributed by atoms with van der Waals surface area (Å²) in [7, 11) is 0. The summed E-state index contributed by atoms with van der Waals surface area (Å²) in [6, 6.07) is 0. The molecule has 0 spiro atoms. The van der Waals surface area contributed by atoms with E-state index < -0.39 is 0 Å². The van der Waals surface area contributed by atoms with Crippen molar-refractivity contribution in [2.24, 2.45) is 0 Å². The van der Waals surface area contributed by atoms with Crippen LogP contribution in [0.4, 0.5) is 0 Å². The lowest BCUT2D eigenvalue weighted by Crippen LogP contribution is -1.86. The molecule has 2 heteroatoms. The zero-order valence-electron chi connectivity index (χ0n) is 7.62. The van der Waals surface area contributed by atoms with Crippen molar-refractivity contribution >= 4 is 12.2 Å². The van der Waals surface area contributed by atoms with Crippen molar-refractivity contribution in [3.63, 3.8) is 0 Å². The highest BCUT2D eigenvalue weighted by molar-refractivity contribution is 5.58. The van der Waals surface area contributed by atoms with Gasteiger partial charge in [0.05, 0.1) is 5.69 Å². The second-order valence-electron chi connectivity index (χ2n) is 1.77. The van der Waals surface area contributed by atoms with E-state index in [1.54, 1.807) is 18.3 Å². The Morgan fingerprint density at radius 1 is 1.25 bits per heavy atom. The Labute approximate surface area is 73.7 Å². The monoisotopic (exact) mass is 162 g/mol. The van der Waals surface area contributed by atoms with Gasteiger partial charge in [0, 0.05) is 11.8 Å². The normalized spacial score (nSPS) is 7.83. The Hall–Kier alpha value is -1.44. The van der Waals surface area contributed by atoms with Gasteiger partial charge in [0.15, 0.2) is 0 Å². The van der Waals surface area contributed by atoms with Crippen LogP contribution in [0.15, 0.2) is 25.7 Å². The molecule has 0 amide bonds. The number of hydrogen-bond donors (Lipinski definition) is 0. The van der Waals surface area contributed by atoms with E-state index in [1.807, 2.05) is 13.8 Å². The molecular weight excluding hydrogens is 148 g/mol. The smallest absolute Gasteiger partial charge is 0.116 e. The van der Waals surface area contributed by atoms with E-state index in [0.29, 0.717) is 0 Å². The summed E-state index contributed by atoms with van der Waals surface area (Å²) in [5, 5.41) is 0. The zero-order valence-corrected chi connectivity index (χ0v) is 7.62. The van der Waals surface area contributed by atoms with E-state index in [4.69, 9.17) is 0 Å². The van der Waals surface area contributed by atoms with Gasteiger partial charge in [-0.15, -0.1) is 0 Å². The highest BCUT2D eigenvalue weighted by atomic mass is 14.8. The molecule has 0 atom stereocenters. The maximum atomic E-state index is 3.97. The first-order chi connectivity index (χ1) is 5.88. The van der Waals surface area contributed by atoms with Gasteiger partial charge < -0.3 is 0 Å². The number of aromatic nitrogens is 2. The molecule has 0 N–H and O–H groups in total. The van der Waals surface area contributed by atoms with Crippen LogP contribution in [0.1, 0.15) is 25.1 Å². The summed E-state index contributed by atoms with van der Waals surface area (Å²) < 4.78 is 0. The van der Waals surface area contributed by atoms with Crippen LogP contribution in [0.5, 0.6) is 0 Å². The van der Waals surface area contributed by atoms with E-state index in [0.717, 1.165) is 11.3 Å². The Morgan fingerprint density at radius 3 is 2.33 bits per heavy atom. The lowest BCUT2D eigenvalue weighted by molar-refractivity contribution is 1.14. The molecule has 1 aromatic heterocycles. The van der Waals surface area contributed by atoms with Crippen LogP contribution in [0, 0.1) is 0 Å². The molecule has 64 valence electrons. The van der Waals surface area contributed by atoms with Gasteiger partial charge >= 0.3 is 0 Å². The van der Waals surface area contributed by atoms with Crippen molar-refractivity contribution in [1.82, 2.24) is 9.97 Å². The molecule has 12 heavy (non-hydrogen) atoms. The van der Waals surface area contributed by atoms with Crippen LogP contribution in [0.3, 0.4) is 0 Å². The molecule has 0 unspecified atom stereocenters. The first kappa shape index (κ1) is 10.6. The van der Waals surface area contributed by atoms with Gasteiger partial charge in [0.2, 0.25) is 0 Å². The summed E-state index contributed by atoms with van der Waals surface area (Å²) in [6.45, 7) is 11.2. The summed E-state index contributed by atoms with van der Waals surface area (Å²) in [4.78, 5) is 7.80. The van der Waals surface area contributed by atoms with Crippen LogP contribution in [0.2, 0.25) is 0 Å². The fraction of sp³-hybridized carbons (Fsp3) is 0.200. The van der Waals surface area contributed by atoms with Gasteiger partial charge in [-0.1, -0.05) is 33.1 Å². The standard InChI is InChI=1S/C8H8N2.C2H6/c1-3-7-5-9-6-10-8(7)4-2;1-2/h3-6H,1-2H2;1-2H3. The predicted molar refractivity (Wildman–Crippen MR) is 53.6 cm³/mol. The quantitative estimate of drug-likeness (QED) is 0.668. The Bertz CT molecular complexity index is 227. The summed E-state index contributed by atoms with van der Waals surface area (Å²) >= 11 is 0.